The molecule has 0 aliphatic carbocycles. The Hall–Kier alpha value is -1.79. The van der Waals surface area contributed by atoms with E-state index in [1.54, 1.807) is 0 Å². The number of hydrogen-bond acceptors (Lipinski definition) is 8. The molecule has 6 N–H and O–H groups in total. The molecule has 1 aliphatic rings. The monoisotopic (exact) mass is 503 g/mol. The molecular formula is C24H45N3O8. The number of nitrogens with one attached hydrogen (secondary N) is 3. The van der Waals surface area contributed by atoms with E-state index in [0.29, 0.717) is 45.4 Å². The summed E-state index contributed by atoms with van der Waals surface area (Å²) in [6, 6.07) is -0.940. The van der Waals surface area contributed by atoms with Crippen LogP contribution >= 0.6 is 0 Å². The molecule has 1 aliphatic heterocycles. The van der Waals surface area contributed by atoms with E-state index in [9.17, 15) is 29.7 Å². The minimum absolute atomic E-state index is 0.0328. The Morgan fingerprint density at radius 1 is 0.914 bits per heavy atom. The summed E-state index contributed by atoms with van der Waals surface area (Å²) >= 11 is 0. The summed E-state index contributed by atoms with van der Waals surface area (Å²) < 4.78 is 11.2. The highest BCUT2D eigenvalue weighted by molar-refractivity contribution is 5.78. The predicted octanol–water partition coefficient (Wildman–Crippen LogP) is -0.0441. The zero-order chi connectivity index (χ0) is 26.4. The average Bonchev–Trinajstić information content (AvgIpc) is 2.77. The van der Waals surface area contributed by atoms with Crippen LogP contribution in [0.1, 0.15) is 72.6 Å². The van der Waals surface area contributed by atoms with Crippen LogP contribution in [0.5, 0.6) is 0 Å². The summed E-state index contributed by atoms with van der Waals surface area (Å²) in [4.78, 5) is 35.1. The second kappa shape index (κ2) is 16.1. The van der Waals surface area contributed by atoms with Crippen molar-refractivity contribution in [3.8, 4) is 0 Å². The fourth-order valence-corrected chi connectivity index (χ4v) is 3.57. The molecule has 1 heterocycles. The number of carbonyl (C=O) groups is 3. The number of aliphatic hydroxyl groups is 3. The zero-order valence-electron chi connectivity index (χ0n) is 21.5. The number of carbonyl (C=O) groups excluding carboxylic acids is 3. The fraction of sp³-hybridized carbons (Fsp3) is 0.875. The molecule has 0 bridgehead atoms. The van der Waals surface area contributed by atoms with Gasteiger partial charge in [0.15, 0.2) is 6.29 Å². The van der Waals surface area contributed by atoms with Crippen molar-refractivity contribution in [2.45, 2.75) is 103 Å². The van der Waals surface area contributed by atoms with Gasteiger partial charge in [0.1, 0.15) is 24.4 Å². The maximum Gasteiger partial charge on any atom is 0.220 e. The van der Waals surface area contributed by atoms with Gasteiger partial charge in [0.05, 0.1) is 6.61 Å². The molecule has 5 atom stereocenters. The first-order valence-electron chi connectivity index (χ1n) is 12.5. The zero-order valence-corrected chi connectivity index (χ0v) is 21.5. The van der Waals surface area contributed by atoms with Crippen LogP contribution < -0.4 is 16.0 Å². The normalized spacial score (nSPS) is 24.6. The lowest BCUT2D eigenvalue weighted by Crippen LogP contribution is -2.64. The van der Waals surface area contributed by atoms with Gasteiger partial charge in [-0.1, -0.05) is 33.6 Å². The van der Waals surface area contributed by atoms with Crippen molar-refractivity contribution in [2.75, 3.05) is 26.3 Å². The predicted molar refractivity (Wildman–Crippen MR) is 129 cm³/mol. The van der Waals surface area contributed by atoms with E-state index in [1.807, 2.05) is 20.8 Å². The third-order valence-corrected chi connectivity index (χ3v) is 5.55. The van der Waals surface area contributed by atoms with Crippen LogP contribution in [0.25, 0.3) is 0 Å². The summed E-state index contributed by atoms with van der Waals surface area (Å²) in [6.07, 6.45) is -0.230. The Kier molecular flexibility index (Phi) is 14.3. The molecule has 1 rings (SSSR count). The van der Waals surface area contributed by atoms with E-state index in [2.05, 4.69) is 16.0 Å². The first-order valence-corrected chi connectivity index (χ1v) is 12.5. The Bertz CT molecular complexity index is 655. The second-order valence-corrected chi connectivity index (χ2v) is 10.3. The number of amides is 3. The minimum atomic E-state index is -1.34. The van der Waals surface area contributed by atoms with Crippen molar-refractivity contribution < 1.29 is 39.2 Å². The van der Waals surface area contributed by atoms with Crippen molar-refractivity contribution in [1.82, 2.24) is 16.0 Å². The molecular weight excluding hydrogens is 458 g/mol. The Morgan fingerprint density at radius 3 is 2.14 bits per heavy atom. The van der Waals surface area contributed by atoms with Crippen LogP contribution in [0, 0.1) is 5.41 Å². The molecule has 0 saturated carbocycles. The summed E-state index contributed by atoms with van der Waals surface area (Å²) in [5, 5.41) is 37.8. The molecule has 0 radical (unpaired) electrons. The van der Waals surface area contributed by atoms with Crippen LogP contribution in [0.15, 0.2) is 0 Å². The summed E-state index contributed by atoms with van der Waals surface area (Å²) in [5.41, 5.74) is 0.0347. The van der Waals surface area contributed by atoms with Crippen LogP contribution in [-0.4, -0.2) is 90.0 Å². The van der Waals surface area contributed by atoms with E-state index < -0.39 is 43.2 Å². The summed E-state index contributed by atoms with van der Waals surface area (Å²) in [5.74, 6) is -0.490. The average molecular weight is 504 g/mol. The van der Waals surface area contributed by atoms with Crippen molar-refractivity contribution in [1.29, 1.82) is 0 Å². The number of unbranched alkanes of at least 4 members (excludes halogenated alkanes) is 3. The molecule has 1 fully saturated rings. The van der Waals surface area contributed by atoms with E-state index >= 15 is 0 Å². The van der Waals surface area contributed by atoms with Gasteiger partial charge in [-0.05, 0) is 24.7 Å². The van der Waals surface area contributed by atoms with Gasteiger partial charge >= 0.3 is 0 Å². The molecule has 0 spiro atoms. The smallest absolute Gasteiger partial charge is 0.220 e. The van der Waals surface area contributed by atoms with Crippen LogP contribution in [0.3, 0.4) is 0 Å². The van der Waals surface area contributed by atoms with Gasteiger partial charge in [-0.2, -0.15) is 0 Å². The molecule has 1 saturated heterocycles. The van der Waals surface area contributed by atoms with E-state index in [0.717, 1.165) is 19.3 Å². The van der Waals surface area contributed by atoms with Crippen LogP contribution in [-0.2, 0) is 23.9 Å². The SMILES string of the molecule is CC(=O)NC1C(OCCCCCCNC(=O)CCCC(=O)NCC(C)(C)C)OC(CO)C(O)C1O. The fourth-order valence-electron chi connectivity index (χ4n) is 3.57. The standard InChI is InChI=1S/C24H45N3O8/c1-16(29)27-20-22(33)21(32)17(14-28)35-23(20)34-13-8-6-5-7-12-25-18(30)10-9-11-19(31)26-15-24(2,3)4/h17,20-23,28,32-33H,5-15H2,1-4H3,(H,25,30)(H,26,31)(H,27,29). The lowest BCUT2D eigenvalue weighted by molar-refractivity contribution is -0.270. The third kappa shape index (κ3) is 13.2. The lowest BCUT2D eigenvalue weighted by atomic mass is 9.97. The van der Waals surface area contributed by atoms with Crippen molar-refractivity contribution in [3.63, 3.8) is 0 Å². The molecule has 5 unspecified atom stereocenters. The van der Waals surface area contributed by atoms with Gasteiger partial charge in [0.25, 0.3) is 0 Å². The van der Waals surface area contributed by atoms with Crippen molar-refractivity contribution in [3.05, 3.63) is 0 Å². The molecule has 204 valence electrons. The Morgan fingerprint density at radius 2 is 1.54 bits per heavy atom. The van der Waals surface area contributed by atoms with Gasteiger partial charge in [-0.25, -0.2) is 0 Å². The highest BCUT2D eigenvalue weighted by Crippen LogP contribution is 2.22. The Labute approximate surface area is 208 Å². The van der Waals surface area contributed by atoms with Gasteiger partial charge in [0, 0.05) is 39.5 Å². The quantitative estimate of drug-likeness (QED) is 0.169. The minimum Gasteiger partial charge on any atom is -0.394 e. The first-order chi connectivity index (χ1) is 16.4. The number of hydrogen-bond donors (Lipinski definition) is 6. The topological polar surface area (TPSA) is 166 Å². The van der Waals surface area contributed by atoms with Crippen molar-refractivity contribution >= 4 is 17.7 Å². The third-order valence-electron chi connectivity index (χ3n) is 5.55. The van der Waals surface area contributed by atoms with Crippen molar-refractivity contribution in [2.24, 2.45) is 5.41 Å². The molecule has 0 aromatic heterocycles. The van der Waals surface area contributed by atoms with E-state index in [4.69, 9.17) is 9.47 Å². The van der Waals surface area contributed by atoms with Crippen LogP contribution in [0.4, 0.5) is 0 Å². The van der Waals surface area contributed by atoms with Crippen LogP contribution in [0.2, 0.25) is 0 Å². The van der Waals surface area contributed by atoms with Gasteiger partial charge in [0.2, 0.25) is 17.7 Å². The molecule has 3 amide bonds. The van der Waals surface area contributed by atoms with Gasteiger partial charge < -0.3 is 40.7 Å². The number of rotatable bonds is 15. The van der Waals surface area contributed by atoms with Gasteiger partial charge in [-0.3, -0.25) is 14.4 Å². The molecule has 35 heavy (non-hydrogen) atoms. The molecule has 11 heteroatoms. The van der Waals surface area contributed by atoms with E-state index in [-0.39, 0.29) is 17.2 Å². The maximum atomic E-state index is 11.9. The summed E-state index contributed by atoms with van der Waals surface area (Å²) in [6.45, 7) is 8.44. The maximum absolute atomic E-state index is 11.9. The number of aliphatic hydroxyl groups excluding tert-OH is 3. The largest absolute Gasteiger partial charge is 0.394 e. The highest BCUT2D eigenvalue weighted by atomic mass is 16.7. The van der Waals surface area contributed by atoms with Gasteiger partial charge in [-0.15, -0.1) is 0 Å². The molecule has 0 aromatic carbocycles. The first kappa shape index (κ1) is 31.2. The molecule has 0 aromatic rings. The Balaban J connectivity index is 2.14. The second-order valence-electron chi connectivity index (χ2n) is 10.3. The highest BCUT2D eigenvalue weighted by Gasteiger charge is 2.45. The lowest BCUT2D eigenvalue weighted by Gasteiger charge is -2.42. The molecule has 11 nitrogen and oxygen atoms in total. The summed E-state index contributed by atoms with van der Waals surface area (Å²) in [7, 11) is 0. The number of ether oxygens (including phenoxy) is 2. The van der Waals surface area contributed by atoms with E-state index in [1.165, 1.54) is 6.92 Å².